The van der Waals surface area contributed by atoms with E-state index in [0.29, 0.717) is 0 Å². The molecule has 1 unspecified atom stereocenters. The van der Waals surface area contributed by atoms with Gasteiger partial charge in [-0.25, -0.2) is 4.79 Å². The van der Waals surface area contributed by atoms with Gasteiger partial charge in [-0.15, -0.1) is 0 Å². The van der Waals surface area contributed by atoms with Crippen molar-refractivity contribution >= 4 is 11.9 Å². The van der Waals surface area contributed by atoms with Crippen LogP contribution in [0.3, 0.4) is 0 Å². The Morgan fingerprint density at radius 2 is 1.90 bits per heavy atom. The molecule has 2 aliphatic rings. The molecule has 1 aliphatic heterocycles. The highest BCUT2D eigenvalue weighted by molar-refractivity contribution is 5.87. The quantitative estimate of drug-likeness (QED) is 0.787. The van der Waals surface area contributed by atoms with Crippen LogP contribution in [-0.4, -0.2) is 29.6 Å². The second-order valence-electron chi connectivity index (χ2n) is 5.96. The van der Waals surface area contributed by atoms with Crippen LogP contribution in [0.5, 0.6) is 0 Å². The summed E-state index contributed by atoms with van der Waals surface area (Å²) in [4.78, 5) is 23.2. The molecule has 0 bridgehead atoms. The van der Waals surface area contributed by atoms with Gasteiger partial charge in [-0.1, -0.05) is 18.6 Å². The second kappa shape index (κ2) is 5.48. The number of amides is 1. The summed E-state index contributed by atoms with van der Waals surface area (Å²) < 4.78 is 0. The number of aromatic carboxylic acids is 1. The third kappa shape index (κ3) is 2.93. The molecule has 1 saturated heterocycles. The Labute approximate surface area is 123 Å². The predicted molar refractivity (Wildman–Crippen MR) is 78.1 cm³/mol. The average Bonchev–Trinajstić information content (AvgIpc) is 3.29. The number of piperidine rings is 1. The molecule has 1 saturated carbocycles. The van der Waals surface area contributed by atoms with Crippen LogP contribution in [0.25, 0.3) is 0 Å². The summed E-state index contributed by atoms with van der Waals surface area (Å²) in [5, 5.41) is 15.3. The number of rotatable bonds is 4. The first-order valence-corrected chi connectivity index (χ1v) is 7.50. The maximum atomic E-state index is 12.3. The van der Waals surface area contributed by atoms with Crippen molar-refractivity contribution in [2.75, 3.05) is 6.54 Å². The van der Waals surface area contributed by atoms with E-state index in [1.807, 2.05) is 12.1 Å². The summed E-state index contributed by atoms with van der Waals surface area (Å²) in [7, 11) is 0. The SMILES string of the molecule is O=C(O)c1ccc(C2(NC(=O)C3CCCCN3)CC2)cc1. The number of carbonyl (C=O) groups excluding carboxylic acids is 1. The van der Waals surface area contributed by atoms with E-state index < -0.39 is 5.97 Å². The number of carboxylic acids is 1. The number of carboxylic acid groups (broad SMARTS) is 1. The summed E-state index contributed by atoms with van der Waals surface area (Å²) in [6, 6.07) is 6.73. The molecule has 5 heteroatoms. The van der Waals surface area contributed by atoms with E-state index in [9.17, 15) is 9.59 Å². The lowest BCUT2D eigenvalue weighted by atomic mass is 10.0. The smallest absolute Gasteiger partial charge is 0.335 e. The van der Waals surface area contributed by atoms with E-state index in [-0.39, 0.29) is 23.1 Å². The minimum atomic E-state index is -0.929. The number of nitrogens with one attached hydrogen (secondary N) is 2. The Kier molecular flexibility index (Phi) is 3.68. The Morgan fingerprint density at radius 1 is 1.19 bits per heavy atom. The number of benzene rings is 1. The molecule has 21 heavy (non-hydrogen) atoms. The molecule has 0 aromatic heterocycles. The van der Waals surface area contributed by atoms with Crippen molar-refractivity contribution in [2.24, 2.45) is 0 Å². The van der Waals surface area contributed by atoms with Crippen LogP contribution in [0, 0.1) is 0 Å². The number of hydrogen-bond acceptors (Lipinski definition) is 3. The third-order valence-electron chi connectivity index (χ3n) is 4.42. The fourth-order valence-electron chi connectivity index (χ4n) is 2.94. The number of hydrogen-bond donors (Lipinski definition) is 3. The van der Waals surface area contributed by atoms with Crippen LogP contribution in [-0.2, 0) is 10.3 Å². The number of carbonyl (C=O) groups is 2. The molecule has 1 aromatic rings. The van der Waals surface area contributed by atoms with Crippen LogP contribution in [0.2, 0.25) is 0 Å². The van der Waals surface area contributed by atoms with Gasteiger partial charge in [0, 0.05) is 0 Å². The zero-order valence-corrected chi connectivity index (χ0v) is 11.9. The molecule has 0 spiro atoms. The van der Waals surface area contributed by atoms with Gasteiger partial charge in [0.25, 0.3) is 0 Å². The molecule has 112 valence electrons. The van der Waals surface area contributed by atoms with E-state index in [0.717, 1.165) is 44.2 Å². The van der Waals surface area contributed by atoms with E-state index in [1.165, 1.54) is 0 Å². The van der Waals surface area contributed by atoms with E-state index in [4.69, 9.17) is 5.11 Å². The Hall–Kier alpha value is -1.88. The standard InChI is InChI=1S/C16H20N2O3/c19-14(13-3-1-2-10-17-13)18-16(8-9-16)12-6-4-11(5-7-12)15(20)21/h4-7,13,17H,1-3,8-10H2,(H,18,19)(H,20,21). The molecule has 1 atom stereocenters. The van der Waals surface area contributed by atoms with Crippen molar-refractivity contribution in [1.82, 2.24) is 10.6 Å². The molecule has 5 nitrogen and oxygen atoms in total. The molecule has 1 aromatic carbocycles. The second-order valence-corrected chi connectivity index (χ2v) is 5.96. The summed E-state index contributed by atoms with van der Waals surface area (Å²) in [6.45, 7) is 0.901. The highest BCUT2D eigenvalue weighted by Crippen LogP contribution is 2.45. The molecule has 1 amide bonds. The third-order valence-corrected chi connectivity index (χ3v) is 4.42. The molecule has 3 N–H and O–H groups in total. The summed E-state index contributed by atoms with van der Waals surface area (Å²) in [6.07, 6.45) is 4.94. The zero-order chi connectivity index (χ0) is 14.9. The van der Waals surface area contributed by atoms with Gasteiger partial charge in [0.15, 0.2) is 0 Å². The average molecular weight is 288 g/mol. The van der Waals surface area contributed by atoms with Crippen LogP contribution in [0.15, 0.2) is 24.3 Å². The topological polar surface area (TPSA) is 78.4 Å². The summed E-state index contributed by atoms with van der Waals surface area (Å²) in [5.74, 6) is -0.864. The van der Waals surface area contributed by atoms with Crippen LogP contribution < -0.4 is 10.6 Å². The molecule has 3 rings (SSSR count). The van der Waals surface area contributed by atoms with Gasteiger partial charge < -0.3 is 15.7 Å². The van der Waals surface area contributed by atoms with Gasteiger partial charge in [0.1, 0.15) is 0 Å². The van der Waals surface area contributed by atoms with Crippen molar-refractivity contribution in [1.29, 1.82) is 0 Å². The van der Waals surface area contributed by atoms with Gasteiger partial charge in [-0.05, 0) is 49.9 Å². The van der Waals surface area contributed by atoms with Crippen LogP contribution in [0.1, 0.15) is 48.0 Å². The summed E-state index contributed by atoms with van der Waals surface area (Å²) in [5.41, 5.74) is 0.985. The first kappa shape index (κ1) is 14.1. The minimum Gasteiger partial charge on any atom is -0.478 e. The lowest BCUT2D eigenvalue weighted by Gasteiger charge is -2.26. The molecule has 1 heterocycles. The molecular formula is C16H20N2O3. The normalized spacial score (nSPS) is 23.3. The fourth-order valence-corrected chi connectivity index (χ4v) is 2.94. The maximum absolute atomic E-state index is 12.3. The highest BCUT2D eigenvalue weighted by atomic mass is 16.4. The van der Waals surface area contributed by atoms with Gasteiger partial charge in [-0.2, -0.15) is 0 Å². The minimum absolute atomic E-state index is 0.0644. The van der Waals surface area contributed by atoms with Crippen molar-refractivity contribution in [2.45, 2.75) is 43.7 Å². The lowest BCUT2D eigenvalue weighted by Crippen LogP contribution is -2.49. The predicted octanol–water partition coefficient (Wildman–Crippen LogP) is 1.63. The van der Waals surface area contributed by atoms with Crippen molar-refractivity contribution in [3.63, 3.8) is 0 Å². The Bertz CT molecular complexity index is 543. The molecular weight excluding hydrogens is 268 g/mol. The van der Waals surface area contributed by atoms with Crippen molar-refractivity contribution < 1.29 is 14.7 Å². The zero-order valence-electron chi connectivity index (χ0n) is 11.9. The summed E-state index contributed by atoms with van der Waals surface area (Å²) >= 11 is 0. The van der Waals surface area contributed by atoms with Gasteiger partial charge >= 0.3 is 5.97 Å². The molecule has 0 radical (unpaired) electrons. The highest BCUT2D eigenvalue weighted by Gasteiger charge is 2.46. The lowest BCUT2D eigenvalue weighted by molar-refractivity contribution is -0.124. The molecule has 1 aliphatic carbocycles. The van der Waals surface area contributed by atoms with Crippen molar-refractivity contribution in [3.8, 4) is 0 Å². The first-order valence-electron chi connectivity index (χ1n) is 7.50. The van der Waals surface area contributed by atoms with Crippen molar-refractivity contribution in [3.05, 3.63) is 35.4 Å². The van der Waals surface area contributed by atoms with Gasteiger partial charge in [0.05, 0.1) is 17.1 Å². The Balaban J connectivity index is 1.69. The Morgan fingerprint density at radius 3 is 2.43 bits per heavy atom. The van der Waals surface area contributed by atoms with Gasteiger partial charge in [-0.3, -0.25) is 4.79 Å². The maximum Gasteiger partial charge on any atom is 0.335 e. The first-order chi connectivity index (χ1) is 10.1. The fraction of sp³-hybridized carbons (Fsp3) is 0.500. The van der Waals surface area contributed by atoms with E-state index in [1.54, 1.807) is 12.1 Å². The van der Waals surface area contributed by atoms with Crippen LogP contribution in [0.4, 0.5) is 0 Å². The van der Waals surface area contributed by atoms with E-state index in [2.05, 4.69) is 10.6 Å². The van der Waals surface area contributed by atoms with E-state index >= 15 is 0 Å². The molecule has 2 fully saturated rings. The monoisotopic (exact) mass is 288 g/mol. The van der Waals surface area contributed by atoms with Crippen LogP contribution >= 0.6 is 0 Å². The largest absolute Gasteiger partial charge is 0.478 e. The van der Waals surface area contributed by atoms with Gasteiger partial charge in [0.2, 0.25) is 5.91 Å².